The summed E-state index contributed by atoms with van der Waals surface area (Å²) >= 11 is 0. The van der Waals surface area contributed by atoms with Crippen molar-refractivity contribution in [3.8, 4) is 0 Å². The molecule has 16 heavy (non-hydrogen) atoms. The average Bonchev–Trinajstić information content (AvgIpc) is 2.20. The standard InChI is InChI=1S/C13H17NO2/c1-9(2)14-13(16)12(15)8-11-6-4-10(3)5-7-11/h4-7,9H,8H2,1-3H3,(H,14,16). The molecule has 3 nitrogen and oxygen atoms in total. The van der Waals surface area contributed by atoms with Crippen molar-refractivity contribution < 1.29 is 9.59 Å². The molecule has 1 amide bonds. The Morgan fingerprint density at radius 1 is 1.19 bits per heavy atom. The lowest BCUT2D eigenvalue weighted by molar-refractivity contribution is -0.137. The highest BCUT2D eigenvalue weighted by Gasteiger charge is 2.14. The fourth-order valence-corrected chi connectivity index (χ4v) is 1.31. The molecule has 0 spiro atoms. The number of hydrogen-bond donors (Lipinski definition) is 1. The van der Waals surface area contributed by atoms with Gasteiger partial charge in [-0.1, -0.05) is 29.8 Å². The normalized spacial score (nSPS) is 10.2. The summed E-state index contributed by atoms with van der Waals surface area (Å²) < 4.78 is 0. The minimum absolute atomic E-state index is 0.00512. The van der Waals surface area contributed by atoms with Crippen molar-refractivity contribution in [2.24, 2.45) is 0 Å². The van der Waals surface area contributed by atoms with Crippen molar-refractivity contribution in [3.63, 3.8) is 0 Å². The number of carbonyl (C=O) groups is 2. The first-order valence-electron chi connectivity index (χ1n) is 5.38. The van der Waals surface area contributed by atoms with Crippen molar-refractivity contribution in [1.29, 1.82) is 0 Å². The Morgan fingerprint density at radius 2 is 1.75 bits per heavy atom. The van der Waals surface area contributed by atoms with Gasteiger partial charge in [-0.25, -0.2) is 0 Å². The predicted molar refractivity (Wildman–Crippen MR) is 63.2 cm³/mol. The molecule has 1 aromatic carbocycles. The van der Waals surface area contributed by atoms with Crippen LogP contribution in [0.2, 0.25) is 0 Å². The SMILES string of the molecule is Cc1ccc(CC(=O)C(=O)NC(C)C)cc1. The quantitative estimate of drug-likeness (QED) is 0.782. The average molecular weight is 219 g/mol. The van der Waals surface area contributed by atoms with Crippen LogP contribution in [0.4, 0.5) is 0 Å². The van der Waals surface area contributed by atoms with Crippen LogP contribution >= 0.6 is 0 Å². The zero-order valence-corrected chi connectivity index (χ0v) is 9.91. The van der Waals surface area contributed by atoms with E-state index >= 15 is 0 Å². The van der Waals surface area contributed by atoms with E-state index < -0.39 is 11.7 Å². The van der Waals surface area contributed by atoms with E-state index in [2.05, 4.69) is 5.32 Å². The summed E-state index contributed by atoms with van der Waals surface area (Å²) in [5, 5.41) is 2.59. The van der Waals surface area contributed by atoms with Crippen molar-refractivity contribution in [2.45, 2.75) is 33.2 Å². The molecule has 0 saturated heterocycles. The van der Waals surface area contributed by atoms with Crippen LogP contribution in [0.5, 0.6) is 0 Å². The fraction of sp³-hybridized carbons (Fsp3) is 0.385. The minimum Gasteiger partial charge on any atom is -0.347 e. The van der Waals surface area contributed by atoms with Crippen LogP contribution in [0.3, 0.4) is 0 Å². The van der Waals surface area contributed by atoms with Crippen molar-refractivity contribution in [2.75, 3.05) is 0 Å². The number of Topliss-reactive ketones (excluding diaryl/α,β-unsaturated/α-hetero) is 1. The first-order chi connectivity index (χ1) is 7.49. The van der Waals surface area contributed by atoms with Gasteiger partial charge in [0, 0.05) is 12.5 Å². The molecule has 0 aliphatic carbocycles. The van der Waals surface area contributed by atoms with Gasteiger partial charge in [0.15, 0.2) is 0 Å². The summed E-state index contributed by atoms with van der Waals surface area (Å²) in [4.78, 5) is 22.9. The van der Waals surface area contributed by atoms with Gasteiger partial charge in [-0.3, -0.25) is 9.59 Å². The molecule has 3 heteroatoms. The number of nitrogens with one attached hydrogen (secondary N) is 1. The van der Waals surface area contributed by atoms with Gasteiger partial charge in [0.25, 0.3) is 5.91 Å². The molecule has 0 aliphatic rings. The van der Waals surface area contributed by atoms with Gasteiger partial charge >= 0.3 is 0 Å². The van der Waals surface area contributed by atoms with Gasteiger partial charge in [0.1, 0.15) is 0 Å². The molecule has 1 aromatic rings. The summed E-state index contributed by atoms with van der Waals surface area (Å²) in [6.45, 7) is 5.64. The number of ketones is 1. The fourth-order valence-electron chi connectivity index (χ4n) is 1.31. The highest BCUT2D eigenvalue weighted by Crippen LogP contribution is 2.04. The largest absolute Gasteiger partial charge is 0.347 e. The monoisotopic (exact) mass is 219 g/mol. The molecule has 0 unspecified atom stereocenters. The number of amides is 1. The molecule has 0 heterocycles. The second kappa shape index (κ2) is 5.45. The van der Waals surface area contributed by atoms with Crippen LogP contribution in [0, 0.1) is 6.92 Å². The molecular formula is C13H17NO2. The zero-order valence-electron chi connectivity index (χ0n) is 9.91. The predicted octanol–water partition coefficient (Wildman–Crippen LogP) is 1.63. The topological polar surface area (TPSA) is 46.2 Å². The summed E-state index contributed by atoms with van der Waals surface area (Å²) in [6, 6.07) is 7.60. The molecule has 0 fully saturated rings. The van der Waals surface area contributed by atoms with E-state index in [1.807, 2.05) is 45.0 Å². The molecule has 1 rings (SSSR count). The Hall–Kier alpha value is -1.64. The Balaban J connectivity index is 2.57. The van der Waals surface area contributed by atoms with E-state index in [0.29, 0.717) is 0 Å². The van der Waals surface area contributed by atoms with Gasteiger partial charge < -0.3 is 5.32 Å². The summed E-state index contributed by atoms with van der Waals surface area (Å²) in [5.41, 5.74) is 2.01. The van der Waals surface area contributed by atoms with Gasteiger partial charge in [0.2, 0.25) is 5.78 Å². The second-order valence-corrected chi connectivity index (χ2v) is 4.21. The zero-order chi connectivity index (χ0) is 12.1. The molecule has 0 saturated carbocycles. The molecule has 0 bridgehead atoms. The van der Waals surface area contributed by atoms with Crippen molar-refractivity contribution >= 4 is 11.7 Å². The maximum absolute atomic E-state index is 11.5. The molecule has 1 N–H and O–H groups in total. The maximum Gasteiger partial charge on any atom is 0.287 e. The smallest absolute Gasteiger partial charge is 0.287 e. The number of benzene rings is 1. The number of carbonyl (C=O) groups excluding carboxylic acids is 2. The second-order valence-electron chi connectivity index (χ2n) is 4.21. The van der Waals surface area contributed by atoms with Crippen LogP contribution in [-0.2, 0) is 16.0 Å². The lowest BCUT2D eigenvalue weighted by Gasteiger charge is -2.07. The molecule has 86 valence electrons. The summed E-state index contributed by atoms with van der Waals surface area (Å²) in [5.74, 6) is -0.895. The molecule has 0 aliphatic heterocycles. The molecule has 0 aromatic heterocycles. The van der Waals surface area contributed by atoms with Gasteiger partial charge in [-0.15, -0.1) is 0 Å². The van der Waals surface area contributed by atoms with Crippen molar-refractivity contribution in [3.05, 3.63) is 35.4 Å². The van der Waals surface area contributed by atoms with Gasteiger partial charge in [-0.2, -0.15) is 0 Å². The lowest BCUT2D eigenvalue weighted by atomic mass is 10.1. The third-order valence-corrected chi connectivity index (χ3v) is 2.16. The third-order valence-electron chi connectivity index (χ3n) is 2.16. The minimum atomic E-state index is -0.504. The van der Waals surface area contributed by atoms with Crippen LogP contribution in [-0.4, -0.2) is 17.7 Å². The van der Waals surface area contributed by atoms with Crippen molar-refractivity contribution in [1.82, 2.24) is 5.32 Å². The number of rotatable bonds is 4. The van der Waals surface area contributed by atoms with E-state index in [-0.39, 0.29) is 12.5 Å². The summed E-state index contributed by atoms with van der Waals surface area (Å²) in [6.07, 6.45) is 0.166. The highest BCUT2D eigenvalue weighted by molar-refractivity contribution is 6.36. The van der Waals surface area contributed by atoms with E-state index in [1.165, 1.54) is 0 Å². The Labute approximate surface area is 95.9 Å². The number of aryl methyl sites for hydroxylation is 1. The van der Waals surface area contributed by atoms with E-state index in [1.54, 1.807) is 0 Å². The van der Waals surface area contributed by atoms with E-state index in [9.17, 15) is 9.59 Å². The van der Waals surface area contributed by atoms with Crippen LogP contribution in [0.15, 0.2) is 24.3 Å². The van der Waals surface area contributed by atoms with Crippen LogP contribution in [0.25, 0.3) is 0 Å². The first-order valence-corrected chi connectivity index (χ1v) is 5.38. The van der Waals surface area contributed by atoms with Crippen LogP contribution in [0.1, 0.15) is 25.0 Å². The van der Waals surface area contributed by atoms with E-state index in [0.717, 1.165) is 11.1 Å². The van der Waals surface area contributed by atoms with E-state index in [4.69, 9.17) is 0 Å². The molecular weight excluding hydrogens is 202 g/mol. The Bertz CT molecular complexity index is 379. The molecule has 0 radical (unpaired) electrons. The Morgan fingerprint density at radius 3 is 2.25 bits per heavy atom. The van der Waals surface area contributed by atoms with Gasteiger partial charge in [-0.05, 0) is 26.3 Å². The lowest BCUT2D eigenvalue weighted by Crippen LogP contribution is -2.36. The van der Waals surface area contributed by atoms with Gasteiger partial charge in [0.05, 0.1) is 0 Å². The highest BCUT2D eigenvalue weighted by atomic mass is 16.2. The number of hydrogen-bond acceptors (Lipinski definition) is 2. The van der Waals surface area contributed by atoms with Crippen LogP contribution < -0.4 is 5.32 Å². The third kappa shape index (κ3) is 3.85. The summed E-state index contributed by atoms with van der Waals surface area (Å²) in [7, 11) is 0. The molecule has 0 atom stereocenters. The Kier molecular flexibility index (Phi) is 4.23. The first kappa shape index (κ1) is 12.4. The maximum atomic E-state index is 11.5.